The van der Waals surface area contributed by atoms with Crippen molar-refractivity contribution in [1.82, 2.24) is 0 Å². The molecule has 1 atom stereocenters. The van der Waals surface area contributed by atoms with E-state index in [-0.39, 0.29) is 4.88 Å². The summed E-state index contributed by atoms with van der Waals surface area (Å²) < 4.78 is 16.3. The van der Waals surface area contributed by atoms with Crippen LogP contribution < -0.4 is 0 Å². The van der Waals surface area contributed by atoms with Crippen molar-refractivity contribution in [3.8, 4) is 0 Å². The second-order valence-electron chi connectivity index (χ2n) is 2.85. The molecule has 1 unspecified atom stereocenters. The van der Waals surface area contributed by atoms with Crippen molar-refractivity contribution in [3.63, 3.8) is 0 Å². The van der Waals surface area contributed by atoms with Gasteiger partial charge in [0.05, 0.1) is 12.4 Å². The van der Waals surface area contributed by atoms with Crippen LogP contribution in [-0.4, -0.2) is 34.8 Å². The minimum Gasteiger partial charge on any atom is -0.477 e. The van der Waals surface area contributed by atoms with E-state index in [0.717, 1.165) is 4.88 Å². The fourth-order valence-electron chi connectivity index (χ4n) is 0.978. The molecule has 4 nitrogen and oxygen atoms in total. The van der Waals surface area contributed by atoms with Crippen LogP contribution in [0.3, 0.4) is 0 Å². The first-order chi connectivity index (χ1) is 7.13. The van der Waals surface area contributed by atoms with Crippen LogP contribution in [0.2, 0.25) is 0 Å². The number of carboxylic acid groups (broad SMARTS) is 1. The molecule has 0 aliphatic heterocycles. The van der Waals surface area contributed by atoms with E-state index in [4.69, 9.17) is 9.84 Å². The molecule has 1 aromatic rings. The van der Waals surface area contributed by atoms with Crippen molar-refractivity contribution in [1.29, 1.82) is 0 Å². The summed E-state index contributed by atoms with van der Waals surface area (Å²) in [4.78, 5) is 11.7. The lowest BCUT2D eigenvalue weighted by Gasteiger charge is -1.98. The van der Waals surface area contributed by atoms with E-state index >= 15 is 0 Å². The van der Waals surface area contributed by atoms with Crippen LogP contribution >= 0.6 is 11.3 Å². The molecule has 0 amide bonds. The highest BCUT2D eigenvalue weighted by molar-refractivity contribution is 7.84. The van der Waals surface area contributed by atoms with E-state index < -0.39 is 16.8 Å². The Morgan fingerprint density at radius 2 is 2.33 bits per heavy atom. The fraction of sp³-hybridized carbons (Fsp3) is 0.444. The monoisotopic (exact) mass is 248 g/mol. The van der Waals surface area contributed by atoms with E-state index in [1.807, 2.05) is 0 Å². The molecule has 0 saturated carbocycles. The van der Waals surface area contributed by atoms with Crippen LogP contribution in [0.1, 0.15) is 14.5 Å². The Balaban J connectivity index is 2.50. The summed E-state index contributed by atoms with van der Waals surface area (Å²) in [7, 11) is 0.582. The predicted molar refractivity (Wildman–Crippen MR) is 59.9 cm³/mol. The quantitative estimate of drug-likeness (QED) is 0.825. The Bertz CT molecular complexity index is 359. The second-order valence-corrected chi connectivity index (χ2v) is 5.60. The van der Waals surface area contributed by atoms with Gasteiger partial charge in [-0.1, -0.05) is 0 Å². The summed E-state index contributed by atoms with van der Waals surface area (Å²) in [5.41, 5.74) is 0. The van der Waals surface area contributed by atoms with Crippen molar-refractivity contribution < 1.29 is 18.8 Å². The molecular formula is C9H12O4S2. The number of rotatable bonds is 6. The molecule has 0 aliphatic carbocycles. The highest BCUT2D eigenvalue weighted by atomic mass is 32.2. The van der Waals surface area contributed by atoms with Gasteiger partial charge >= 0.3 is 5.97 Å². The number of carbonyl (C=O) groups is 1. The normalized spacial score (nSPS) is 12.6. The molecule has 15 heavy (non-hydrogen) atoms. The summed E-state index contributed by atoms with van der Waals surface area (Å²) in [5, 5.41) is 8.69. The van der Waals surface area contributed by atoms with E-state index in [2.05, 4.69) is 0 Å². The molecule has 6 heteroatoms. The van der Waals surface area contributed by atoms with Crippen LogP contribution in [0.5, 0.6) is 0 Å². The lowest BCUT2D eigenvalue weighted by molar-refractivity contribution is 0.0702. The van der Waals surface area contributed by atoms with Gasteiger partial charge in [-0.3, -0.25) is 4.21 Å². The van der Waals surface area contributed by atoms with E-state index in [1.54, 1.807) is 13.2 Å². The zero-order valence-corrected chi connectivity index (χ0v) is 9.90. The Hall–Kier alpha value is -0.720. The first-order valence-electron chi connectivity index (χ1n) is 4.29. The average Bonchev–Trinajstić information content (AvgIpc) is 2.63. The molecule has 0 saturated heterocycles. The molecule has 1 aromatic heterocycles. The van der Waals surface area contributed by atoms with Crippen LogP contribution in [0.4, 0.5) is 0 Å². The smallest absolute Gasteiger partial charge is 0.345 e. The van der Waals surface area contributed by atoms with Gasteiger partial charge in [-0.25, -0.2) is 4.79 Å². The molecule has 0 radical (unpaired) electrons. The van der Waals surface area contributed by atoms with Crippen LogP contribution in [0.25, 0.3) is 0 Å². The number of hydrogen-bond acceptors (Lipinski definition) is 4. The molecular weight excluding hydrogens is 236 g/mol. The number of aromatic carboxylic acids is 1. The predicted octanol–water partition coefficient (Wildman–Crippen LogP) is 1.34. The Morgan fingerprint density at radius 3 is 2.87 bits per heavy atom. The molecule has 1 N–H and O–H groups in total. The molecule has 0 fully saturated rings. The zero-order chi connectivity index (χ0) is 11.3. The molecule has 1 heterocycles. The number of carboxylic acids is 1. The fourth-order valence-corrected chi connectivity index (χ4v) is 3.16. The third kappa shape index (κ3) is 4.11. The van der Waals surface area contributed by atoms with Crippen molar-refractivity contribution >= 4 is 28.1 Å². The molecule has 84 valence electrons. The second kappa shape index (κ2) is 5.99. The van der Waals surface area contributed by atoms with Gasteiger partial charge < -0.3 is 9.84 Å². The van der Waals surface area contributed by atoms with Crippen molar-refractivity contribution in [2.75, 3.05) is 19.5 Å². The molecule has 0 aromatic carbocycles. The number of thiophene rings is 1. The topological polar surface area (TPSA) is 63.6 Å². The van der Waals surface area contributed by atoms with Crippen molar-refractivity contribution in [2.45, 2.75) is 5.75 Å². The van der Waals surface area contributed by atoms with Gasteiger partial charge in [-0.05, 0) is 12.1 Å². The van der Waals surface area contributed by atoms with Gasteiger partial charge in [0.15, 0.2) is 0 Å². The van der Waals surface area contributed by atoms with Gasteiger partial charge in [0.25, 0.3) is 0 Å². The van der Waals surface area contributed by atoms with Gasteiger partial charge in [0.1, 0.15) is 4.88 Å². The molecule has 0 aliphatic rings. The van der Waals surface area contributed by atoms with Gasteiger partial charge in [0, 0.05) is 28.5 Å². The minimum atomic E-state index is -0.978. The number of hydrogen-bond donors (Lipinski definition) is 1. The maximum atomic E-state index is 11.4. The highest BCUT2D eigenvalue weighted by Crippen LogP contribution is 2.17. The summed E-state index contributed by atoms with van der Waals surface area (Å²) in [6, 6.07) is 3.24. The van der Waals surface area contributed by atoms with Crippen LogP contribution in [0.15, 0.2) is 12.1 Å². The largest absolute Gasteiger partial charge is 0.477 e. The van der Waals surface area contributed by atoms with Crippen LogP contribution in [-0.2, 0) is 21.3 Å². The molecule has 0 bridgehead atoms. The number of methoxy groups -OCH3 is 1. The number of ether oxygens (including phenoxy) is 1. The van der Waals surface area contributed by atoms with Gasteiger partial charge in [0.2, 0.25) is 0 Å². The van der Waals surface area contributed by atoms with Gasteiger partial charge in [-0.15, -0.1) is 11.3 Å². The third-order valence-electron chi connectivity index (χ3n) is 1.69. The Labute approximate surface area is 94.3 Å². The first kappa shape index (κ1) is 12.4. The highest BCUT2D eigenvalue weighted by Gasteiger charge is 2.09. The summed E-state index contributed by atoms with van der Waals surface area (Å²) >= 11 is 1.17. The standard InChI is InChI=1S/C9H12O4S2/c1-13-4-5-15(12)6-7-2-3-8(14-7)9(10)11/h2-3H,4-6H2,1H3,(H,10,11). The van der Waals surface area contributed by atoms with E-state index in [9.17, 15) is 9.00 Å². The molecule has 0 spiro atoms. The lowest BCUT2D eigenvalue weighted by atomic mass is 10.4. The Morgan fingerprint density at radius 1 is 1.60 bits per heavy atom. The van der Waals surface area contributed by atoms with Crippen molar-refractivity contribution in [3.05, 3.63) is 21.9 Å². The maximum absolute atomic E-state index is 11.4. The average molecular weight is 248 g/mol. The first-order valence-corrected chi connectivity index (χ1v) is 6.60. The van der Waals surface area contributed by atoms with Crippen LogP contribution in [0, 0.1) is 0 Å². The SMILES string of the molecule is COCCS(=O)Cc1ccc(C(=O)O)s1. The maximum Gasteiger partial charge on any atom is 0.345 e. The Kier molecular flexibility index (Phi) is 4.93. The summed E-state index contributed by atoms with van der Waals surface area (Å²) in [6.07, 6.45) is 0. The van der Waals surface area contributed by atoms with E-state index in [0.29, 0.717) is 18.1 Å². The third-order valence-corrected chi connectivity index (χ3v) is 4.20. The minimum absolute atomic E-state index is 0.286. The lowest BCUT2D eigenvalue weighted by Crippen LogP contribution is -2.05. The van der Waals surface area contributed by atoms with Crippen molar-refractivity contribution in [2.24, 2.45) is 0 Å². The zero-order valence-electron chi connectivity index (χ0n) is 8.26. The summed E-state index contributed by atoms with van der Waals surface area (Å²) in [5.74, 6) is -0.0492. The molecule has 1 rings (SSSR count). The van der Waals surface area contributed by atoms with E-state index in [1.165, 1.54) is 17.4 Å². The van der Waals surface area contributed by atoms with Gasteiger partial charge in [-0.2, -0.15) is 0 Å². The summed E-state index contributed by atoms with van der Waals surface area (Å²) in [6.45, 7) is 0.462.